The summed E-state index contributed by atoms with van der Waals surface area (Å²) < 4.78 is 2.49. The number of hydrogen-bond donors (Lipinski definition) is 3. The number of aromatic hydroxyl groups is 2. The van der Waals surface area contributed by atoms with Crippen molar-refractivity contribution in [1.82, 2.24) is 14.4 Å². The van der Waals surface area contributed by atoms with Crippen LogP contribution in [0.1, 0.15) is 39.7 Å². The lowest BCUT2D eigenvalue weighted by Crippen LogP contribution is -2.46. The van der Waals surface area contributed by atoms with Gasteiger partial charge >= 0.3 is 0 Å². The van der Waals surface area contributed by atoms with E-state index in [1.165, 1.54) is 39.9 Å². The van der Waals surface area contributed by atoms with Crippen molar-refractivity contribution in [2.24, 2.45) is 5.92 Å². The van der Waals surface area contributed by atoms with E-state index in [4.69, 9.17) is 0 Å². The van der Waals surface area contributed by atoms with Crippen LogP contribution in [0.2, 0.25) is 0 Å². The molecule has 1 aliphatic rings. The van der Waals surface area contributed by atoms with E-state index in [0.29, 0.717) is 34.7 Å². The Hall–Kier alpha value is -4.59. The number of rotatable bonds is 9. The van der Waals surface area contributed by atoms with Gasteiger partial charge in [0.1, 0.15) is 11.5 Å². The maximum atomic E-state index is 13.2. The highest BCUT2D eigenvalue weighted by atomic mass is 16.3. The molecule has 1 amide bonds. The Morgan fingerprint density at radius 2 is 1.52 bits per heavy atom. The van der Waals surface area contributed by atoms with Gasteiger partial charge in [-0.1, -0.05) is 55.5 Å². The van der Waals surface area contributed by atoms with Gasteiger partial charge in [-0.3, -0.25) is 4.79 Å². The molecule has 0 spiro atoms. The number of nitrogens with one attached hydrogen (secondary N) is 1. The number of likely N-dealkylation sites (N-methyl/N-ethyl adjacent to an activating group) is 1. The summed E-state index contributed by atoms with van der Waals surface area (Å²) in [4.78, 5) is 18.2. The first-order valence-electron chi connectivity index (χ1n) is 16.2. The average molecular weight is 617 g/mol. The predicted octanol–water partition coefficient (Wildman–Crippen LogP) is 7.06. The van der Waals surface area contributed by atoms with Crippen LogP contribution >= 0.6 is 0 Å². The summed E-state index contributed by atoms with van der Waals surface area (Å²) in [5, 5.41) is 25.4. The fourth-order valence-electron chi connectivity index (χ4n) is 6.73. The Labute approximate surface area is 271 Å². The van der Waals surface area contributed by atoms with Crippen molar-refractivity contribution in [1.29, 1.82) is 0 Å². The molecule has 46 heavy (non-hydrogen) atoms. The van der Waals surface area contributed by atoms with Gasteiger partial charge in [0, 0.05) is 79.2 Å². The molecule has 0 aliphatic carbocycles. The van der Waals surface area contributed by atoms with Gasteiger partial charge in [0.15, 0.2) is 0 Å². The number of carbonyl (C=O) groups is 1. The number of phenols is 2. The Bertz CT molecular complexity index is 1830. The number of hydrogen-bond acceptors (Lipinski definition) is 5. The largest absolute Gasteiger partial charge is 0.507 e. The van der Waals surface area contributed by atoms with Crippen molar-refractivity contribution < 1.29 is 15.0 Å². The Balaban J connectivity index is 1.14. The SMILES string of the molecule is Cc1c(C)n(CC(C)CN2CCN(C)CC2)c2ccc(Cc3cccc(C(=O)Nc4cc(O)c(-c5ccccc5)c(O)c4)c3)cc12. The number of carbonyl (C=O) groups excluding carboxylic acids is 1. The Kier molecular flexibility index (Phi) is 9.15. The molecule has 1 fully saturated rings. The van der Waals surface area contributed by atoms with Crippen LogP contribution in [0.25, 0.3) is 22.0 Å². The van der Waals surface area contributed by atoms with Gasteiger partial charge in [-0.15, -0.1) is 0 Å². The molecule has 5 aromatic rings. The van der Waals surface area contributed by atoms with Crippen molar-refractivity contribution in [3.63, 3.8) is 0 Å². The van der Waals surface area contributed by atoms with Crippen LogP contribution in [0.4, 0.5) is 5.69 Å². The zero-order valence-electron chi connectivity index (χ0n) is 27.3. The second kappa shape index (κ2) is 13.4. The molecule has 2 heterocycles. The number of fused-ring (bicyclic) bond motifs is 1. The van der Waals surface area contributed by atoms with Crippen molar-refractivity contribution in [3.8, 4) is 22.6 Å². The fourth-order valence-corrected chi connectivity index (χ4v) is 6.73. The summed E-state index contributed by atoms with van der Waals surface area (Å²) in [6, 6.07) is 26.5. The van der Waals surface area contributed by atoms with E-state index in [0.717, 1.165) is 44.8 Å². The van der Waals surface area contributed by atoms with Gasteiger partial charge in [-0.2, -0.15) is 0 Å². The Morgan fingerprint density at radius 1 is 0.826 bits per heavy atom. The number of benzene rings is 4. The summed E-state index contributed by atoms with van der Waals surface area (Å²) in [5.41, 5.74) is 8.01. The normalized spacial score (nSPS) is 14.9. The van der Waals surface area contributed by atoms with Gasteiger partial charge in [0.2, 0.25) is 0 Å². The predicted molar refractivity (Wildman–Crippen MR) is 187 cm³/mol. The van der Waals surface area contributed by atoms with Gasteiger partial charge in [0.05, 0.1) is 5.56 Å². The summed E-state index contributed by atoms with van der Waals surface area (Å²) in [6.45, 7) is 13.5. The maximum absolute atomic E-state index is 13.2. The molecule has 7 heteroatoms. The fraction of sp³-hybridized carbons (Fsp3) is 0.308. The molecule has 1 aliphatic heterocycles. The lowest BCUT2D eigenvalue weighted by atomic mass is 10.0. The van der Waals surface area contributed by atoms with Gasteiger partial charge in [-0.05, 0) is 79.8 Å². The first kappa shape index (κ1) is 31.4. The van der Waals surface area contributed by atoms with E-state index in [-0.39, 0.29) is 17.4 Å². The number of aryl methyl sites for hydroxylation is 1. The van der Waals surface area contributed by atoms with Crippen molar-refractivity contribution in [2.75, 3.05) is 45.1 Å². The summed E-state index contributed by atoms with van der Waals surface area (Å²) >= 11 is 0. The molecule has 1 atom stereocenters. The van der Waals surface area contributed by atoms with Gasteiger partial charge in [-0.25, -0.2) is 0 Å². The van der Waals surface area contributed by atoms with E-state index >= 15 is 0 Å². The van der Waals surface area contributed by atoms with Crippen LogP contribution in [0, 0.1) is 19.8 Å². The summed E-state index contributed by atoms with van der Waals surface area (Å²) in [7, 11) is 2.20. The maximum Gasteiger partial charge on any atom is 0.255 e. The van der Waals surface area contributed by atoms with Crippen LogP contribution in [-0.2, 0) is 13.0 Å². The van der Waals surface area contributed by atoms with E-state index in [9.17, 15) is 15.0 Å². The standard InChI is InChI=1S/C39H44N4O3/c1-26(24-42-17-15-41(4)16-18-42)25-43-28(3)27(2)34-21-30(13-14-35(34)43)19-29-9-8-12-32(20-29)39(46)40-33-22-36(44)38(37(45)23-33)31-10-6-5-7-11-31/h5-14,20-23,26,44-45H,15-19,24-25H2,1-4H3,(H,40,46). The molecule has 7 nitrogen and oxygen atoms in total. The van der Waals surface area contributed by atoms with Crippen LogP contribution in [0.15, 0.2) is 84.9 Å². The lowest BCUT2D eigenvalue weighted by molar-refractivity contribution is 0.102. The highest BCUT2D eigenvalue weighted by Crippen LogP contribution is 2.39. The first-order valence-corrected chi connectivity index (χ1v) is 16.2. The molecule has 1 unspecified atom stereocenters. The lowest BCUT2D eigenvalue weighted by Gasteiger charge is -2.34. The minimum atomic E-state index is -0.308. The zero-order chi connectivity index (χ0) is 32.4. The van der Waals surface area contributed by atoms with Crippen molar-refractivity contribution in [3.05, 3.63) is 113 Å². The topological polar surface area (TPSA) is 81.0 Å². The first-order chi connectivity index (χ1) is 22.2. The van der Waals surface area contributed by atoms with E-state index in [1.807, 2.05) is 48.5 Å². The van der Waals surface area contributed by atoms with Crippen molar-refractivity contribution in [2.45, 2.75) is 33.7 Å². The quantitative estimate of drug-likeness (QED) is 0.165. The number of anilines is 1. The third kappa shape index (κ3) is 6.81. The van der Waals surface area contributed by atoms with Gasteiger partial charge in [0.25, 0.3) is 5.91 Å². The number of nitrogens with zero attached hydrogens (tertiary/aromatic N) is 3. The third-order valence-electron chi connectivity index (χ3n) is 9.38. The second-order valence-corrected chi connectivity index (χ2v) is 13.0. The summed E-state index contributed by atoms with van der Waals surface area (Å²) in [5.74, 6) is 0.0437. The molecule has 0 saturated carbocycles. The highest BCUT2D eigenvalue weighted by Gasteiger charge is 2.19. The molecule has 0 radical (unpaired) electrons. The number of piperazine rings is 1. The number of amides is 1. The Morgan fingerprint density at radius 3 is 2.24 bits per heavy atom. The van der Waals surface area contributed by atoms with Crippen LogP contribution in [0.5, 0.6) is 11.5 Å². The second-order valence-electron chi connectivity index (χ2n) is 13.0. The molecule has 0 bridgehead atoms. The minimum Gasteiger partial charge on any atom is -0.507 e. The van der Waals surface area contributed by atoms with Crippen LogP contribution in [-0.4, -0.2) is 70.3 Å². The monoisotopic (exact) mass is 616 g/mol. The molecule has 1 aromatic heterocycles. The average Bonchev–Trinajstić information content (AvgIpc) is 3.26. The molecular weight excluding hydrogens is 572 g/mol. The van der Waals surface area contributed by atoms with Crippen molar-refractivity contribution >= 4 is 22.5 Å². The molecule has 1 saturated heterocycles. The number of phenolic OH excluding ortho intramolecular Hbond substituents is 2. The zero-order valence-corrected chi connectivity index (χ0v) is 27.3. The smallest absolute Gasteiger partial charge is 0.255 e. The highest BCUT2D eigenvalue weighted by molar-refractivity contribution is 6.05. The van der Waals surface area contributed by atoms with Crippen LogP contribution in [0.3, 0.4) is 0 Å². The van der Waals surface area contributed by atoms with Gasteiger partial charge < -0.3 is 29.9 Å². The molecular formula is C39H44N4O3. The summed E-state index contributed by atoms with van der Waals surface area (Å²) in [6.07, 6.45) is 0.702. The third-order valence-corrected chi connectivity index (χ3v) is 9.38. The molecule has 3 N–H and O–H groups in total. The number of aromatic nitrogens is 1. The minimum absolute atomic E-state index is 0.102. The van der Waals surface area contributed by atoms with E-state index in [1.54, 1.807) is 6.07 Å². The molecule has 238 valence electrons. The van der Waals surface area contributed by atoms with E-state index < -0.39 is 0 Å². The molecule has 6 rings (SSSR count). The van der Waals surface area contributed by atoms with E-state index in [2.05, 4.69) is 65.7 Å². The molecule has 4 aromatic carbocycles. The van der Waals surface area contributed by atoms with Crippen LogP contribution < -0.4 is 5.32 Å².